The first kappa shape index (κ1) is 13.6. The van der Waals surface area contributed by atoms with E-state index in [-0.39, 0.29) is 12.0 Å². The molecule has 4 heteroatoms. The number of aromatic nitrogens is 1. The molecule has 17 heavy (non-hydrogen) atoms. The molecule has 0 bridgehead atoms. The third kappa shape index (κ3) is 4.14. The fraction of sp³-hybridized carbons (Fsp3) is 0.538. The lowest BCUT2D eigenvalue weighted by molar-refractivity contribution is 0.106. The number of pyridine rings is 1. The Labute approximate surface area is 102 Å². The van der Waals surface area contributed by atoms with Gasteiger partial charge < -0.3 is 15.1 Å². The minimum absolute atomic E-state index is 0.0925. The molecule has 0 unspecified atom stereocenters. The van der Waals surface area contributed by atoms with E-state index in [9.17, 15) is 5.11 Å². The standard InChI is InChI=1S/C13H18N2O2/c1-13(2,9-16)8-7-11(17)10-5-4-6-12(14-3)15-10/h4-6,11,16-17H,7-9H2,1-2H3/t11-/m0/s1. The normalized spacial score (nSPS) is 13.1. The molecule has 0 radical (unpaired) electrons. The molecule has 1 aromatic rings. The molecule has 0 aliphatic rings. The van der Waals surface area contributed by atoms with Gasteiger partial charge in [0.15, 0.2) is 5.69 Å². The molecule has 0 fully saturated rings. The highest BCUT2D eigenvalue weighted by Crippen LogP contribution is 2.27. The first-order valence-corrected chi connectivity index (χ1v) is 5.62. The van der Waals surface area contributed by atoms with Crippen molar-refractivity contribution in [3.8, 4) is 0 Å². The summed E-state index contributed by atoms with van der Waals surface area (Å²) in [6.45, 7) is 10.8. The molecule has 0 aliphatic heterocycles. The number of rotatable bonds is 5. The lowest BCUT2D eigenvalue weighted by Gasteiger charge is -2.22. The molecular weight excluding hydrogens is 216 g/mol. The van der Waals surface area contributed by atoms with Crippen molar-refractivity contribution < 1.29 is 10.2 Å². The van der Waals surface area contributed by atoms with Crippen LogP contribution >= 0.6 is 0 Å². The van der Waals surface area contributed by atoms with Gasteiger partial charge in [-0.3, -0.25) is 0 Å². The first-order chi connectivity index (χ1) is 7.98. The molecule has 0 saturated heterocycles. The molecule has 0 amide bonds. The van der Waals surface area contributed by atoms with Crippen LogP contribution in [0.3, 0.4) is 0 Å². The number of hydrogen-bond acceptors (Lipinski definition) is 3. The zero-order chi connectivity index (χ0) is 12.9. The van der Waals surface area contributed by atoms with Gasteiger partial charge >= 0.3 is 0 Å². The van der Waals surface area contributed by atoms with E-state index in [4.69, 9.17) is 11.7 Å². The molecule has 0 spiro atoms. The fourth-order valence-corrected chi connectivity index (χ4v) is 1.44. The van der Waals surface area contributed by atoms with Gasteiger partial charge in [-0.05, 0) is 30.4 Å². The molecule has 1 heterocycles. The molecule has 2 N–H and O–H groups in total. The maximum atomic E-state index is 9.95. The predicted molar refractivity (Wildman–Crippen MR) is 65.6 cm³/mol. The zero-order valence-corrected chi connectivity index (χ0v) is 10.2. The van der Waals surface area contributed by atoms with Crippen molar-refractivity contribution in [2.24, 2.45) is 5.41 Å². The van der Waals surface area contributed by atoms with E-state index >= 15 is 0 Å². The van der Waals surface area contributed by atoms with Crippen LogP contribution in [-0.4, -0.2) is 21.8 Å². The van der Waals surface area contributed by atoms with Gasteiger partial charge in [0.2, 0.25) is 0 Å². The minimum Gasteiger partial charge on any atom is -0.396 e. The van der Waals surface area contributed by atoms with E-state index in [1.165, 1.54) is 0 Å². The third-order valence-corrected chi connectivity index (χ3v) is 2.73. The Kier molecular flexibility index (Phi) is 4.62. The second kappa shape index (κ2) is 5.76. The Morgan fingerprint density at radius 2 is 2.18 bits per heavy atom. The maximum Gasteiger partial charge on any atom is 0.269 e. The Morgan fingerprint density at radius 3 is 2.76 bits per heavy atom. The molecule has 1 atom stereocenters. The van der Waals surface area contributed by atoms with E-state index in [1.807, 2.05) is 13.8 Å². The Hall–Kier alpha value is -1.44. The van der Waals surface area contributed by atoms with E-state index in [2.05, 4.69) is 9.83 Å². The van der Waals surface area contributed by atoms with Crippen molar-refractivity contribution in [1.82, 2.24) is 4.98 Å². The molecule has 92 valence electrons. The highest BCUT2D eigenvalue weighted by Gasteiger charge is 2.20. The van der Waals surface area contributed by atoms with E-state index < -0.39 is 6.10 Å². The molecule has 1 rings (SSSR count). The van der Waals surface area contributed by atoms with Gasteiger partial charge in [0.25, 0.3) is 5.82 Å². The zero-order valence-electron chi connectivity index (χ0n) is 10.2. The monoisotopic (exact) mass is 234 g/mol. The minimum atomic E-state index is -0.678. The lowest BCUT2D eigenvalue weighted by atomic mass is 9.87. The summed E-state index contributed by atoms with van der Waals surface area (Å²) in [5.41, 5.74) is 0.325. The van der Waals surface area contributed by atoms with Crippen molar-refractivity contribution in [2.75, 3.05) is 6.61 Å². The van der Waals surface area contributed by atoms with Gasteiger partial charge in [-0.1, -0.05) is 26.5 Å². The highest BCUT2D eigenvalue weighted by molar-refractivity contribution is 5.36. The van der Waals surface area contributed by atoms with Crippen LogP contribution in [0.1, 0.15) is 38.5 Å². The molecule has 0 aliphatic carbocycles. The van der Waals surface area contributed by atoms with E-state index in [1.54, 1.807) is 18.2 Å². The number of nitrogens with zero attached hydrogens (tertiary/aromatic N) is 2. The summed E-state index contributed by atoms with van der Waals surface area (Å²) in [6.07, 6.45) is 0.555. The lowest BCUT2D eigenvalue weighted by Crippen LogP contribution is -2.17. The van der Waals surface area contributed by atoms with Gasteiger partial charge in [-0.15, -0.1) is 4.98 Å². The van der Waals surface area contributed by atoms with Crippen LogP contribution < -0.4 is 0 Å². The van der Waals surface area contributed by atoms with Crippen LogP contribution in [0.2, 0.25) is 0 Å². The summed E-state index contributed by atoms with van der Waals surface area (Å²) >= 11 is 0. The Morgan fingerprint density at radius 1 is 1.47 bits per heavy atom. The van der Waals surface area contributed by atoms with E-state index in [0.29, 0.717) is 24.4 Å². The van der Waals surface area contributed by atoms with Crippen LogP contribution in [0.5, 0.6) is 0 Å². The topological polar surface area (TPSA) is 57.7 Å². The molecule has 4 nitrogen and oxygen atoms in total. The van der Waals surface area contributed by atoms with Crippen molar-refractivity contribution in [3.63, 3.8) is 0 Å². The quantitative estimate of drug-likeness (QED) is 0.769. The van der Waals surface area contributed by atoms with Gasteiger partial charge in [0.05, 0.1) is 0 Å². The first-order valence-electron chi connectivity index (χ1n) is 5.62. The second-order valence-corrected chi connectivity index (χ2v) is 4.91. The molecule has 0 aromatic carbocycles. The molecular formula is C13H18N2O2. The predicted octanol–water partition coefficient (Wildman–Crippen LogP) is 2.46. The average molecular weight is 234 g/mol. The van der Waals surface area contributed by atoms with Crippen LogP contribution in [0, 0.1) is 12.0 Å². The van der Waals surface area contributed by atoms with Crippen molar-refractivity contribution in [3.05, 3.63) is 35.3 Å². The second-order valence-electron chi connectivity index (χ2n) is 4.91. The van der Waals surface area contributed by atoms with Gasteiger partial charge in [0, 0.05) is 6.61 Å². The summed E-state index contributed by atoms with van der Waals surface area (Å²) in [5.74, 6) is 0.294. The summed E-state index contributed by atoms with van der Waals surface area (Å²) in [5, 5.41) is 19.1. The number of hydrogen-bond donors (Lipinski definition) is 2. The number of aliphatic hydroxyl groups excluding tert-OH is 2. The third-order valence-electron chi connectivity index (χ3n) is 2.73. The van der Waals surface area contributed by atoms with Crippen LogP contribution in [0.15, 0.2) is 18.2 Å². The van der Waals surface area contributed by atoms with Crippen molar-refractivity contribution in [1.29, 1.82) is 0 Å². The van der Waals surface area contributed by atoms with Crippen LogP contribution in [0.25, 0.3) is 4.85 Å². The van der Waals surface area contributed by atoms with Crippen molar-refractivity contribution in [2.45, 2.75) is 32.8 Å². The molecule has 0 saturated carbocycles. The van der Waals surface area contributed by atoms with E-state index in [0.717, 1.165) is 0 Å². The summed E-state index contributed by atoms with van der Waals surface area (Å²) in [4.78, 5) is 7.28. The Balaban J connectivity index is 2.64. The van der Waals surface area contributed by atoms with Gasteiger partial charge in [0.1, 0.15) is 6.10 Å². The number of aliphatic hydroxyl groups is 2. The Bertz CT molecular complexity index is 410. The van der Waals surface area contributed by atoms with Gasteiger partial charge in [-0.2, -0.15) is 0 Å². The summed E-state index contributed by atoms with van der Waals surface area (Å²) in [6, 6.07) is 5.04. The maximum absolute atomic E-state index is 9.95. The fourth-order valence-electron chi connectivity index (χ4n) is 1.44. The largest absolute Gasteiger partial charge is 0.396 e. The smallest absolute Gasteiger partial charge is 0.269 e. The summed E-state index contributed by atoms with van der Waals surface area (Å²) in [7, 11) is 0. The van der Waals surface area contributed by atoms with Crippen LogP contribution in [-0.2, 0) is 0 Å². The SMILES string of the molecule is [C-]#[N+]c1cccc([C@@H](O)CCC(C)(C)CO)n1. The average Bonchev–Trinajstić information content (AvgIpc) is 2.36. The summed E-state index contributed by atoms with van der Waals surface area (Å²) < 4.78 is 0. The van der Waals surface area contributed by atoms with Crippen LogP contribution in [0.4, 0.5) is 5.82 Å². The van der Waals surface area contributed by atoms with Crippen molar-refractivity contribution >= 4 is 5.82 Å². The molecule has 1 aromatic heterocycles. The highest BCUT2D eigenvalue weighted by atomic mass is 16.3. The van der Waals surface area contributed by atoms with Gasteiger partial charge in [-0.25, -0.2) is 0 Å².